The second-order valence-electron chi connectivity index (χ2n) is 4.68. The highest BCUT2D eigenvalue weighted by molar-refractivity contribution is 5.91. The summed E-state index contributed by atoms with van der Waals surface area (Å²) in [5.74, 6) is -0.900. The Morgan fingerprint density at radius 2 is 2.05 bits per heavy atom. The summed E-state index contributed by atoms with van der Waals surface area (Å²) in [6.07, 6.45) is 4.25. The molecule has 0 aliphatic heterocycles. The van der Waals surface area contributed by atoms with E-state index < -0.39 is 5.97 Å². The predicted octanol–water partition coefficient (Wildman–Crippen LogP) is 1.61. The Hall–Kier alpha value is -2.04. The number of phenolic OH excluding ortho intramolecular Hbond substituents is 1. The van der Waals surface area contributed by atoms with Gasteiger partial charge in [0.15, 0.2) is 6.61 Å². The third kappa shape index (κ3) is 3.98. The highest BCUT2D eigenvalue weighted by atomic mass is 16.5. The van der Waals surface area contributed by atoms with Crippen molar-refractivity contribution in [2.45, 2.75) is 31.7 Å². The van der Waals surface area contributed by atoms with Crippen molar-refractivity contribution in [3.8, 4) is 5.75 Å². The van der Waals surface area contributed by atoms with E-state index in [0.717, 1.165) is 25.7 Å². The van der Waals surface area contributed by atoms with Crippen molar-refractivity contribution in [3.05, 3.63) is 29.8 Å². The molecule has 5 heteroatoms. The minimum atomic E-state index is -0.613. The molecule has 1 aliphatic carbocycles. The van der Waals surface area contributed by atoms with Gasteiger partial charge in [-0.2, -0.15) is 0 Å². The fourth-order valence-corrected chi connectivity index (χ4v) is 2.19. The number of benzene rings is 1. The minimum Gasteiger partial charge on any atom is -0.508 e. The van der Waals surface area contributed by atoms with Crippen LogP contribution in [0.4, 0.5) is 0 Å². The predicted molar refractivity (Wildman–Crippen MR) is 68.8 cm³/mol. The summed E-state index contributed by atoms with van der Waals surface area (Å²) in [5, 5.41) is 12.1. The molecule has 0 heterocycles. The van der Waals surface area contributed by atoms with E-state index in [9.17, 15) is 14.7 Å². The summed E-state index contributed by atoms with van der Waals surface area (Å²) < 4.78 is 4.89. The van der Waals surface area contributed by atoms with Crippen molar-refractivity contribution in [3.63, 3.8) is 0 Å². The van der Waals surface area contributed by atoms with Gasteiger partial charge in [-0.25, -0.2) is 4.79 Å². The van der Waals surface area contributed by atoms with Crippen molar-refractivity contribution < 1.29 is 19.4 Å². The van der Waals surface area contributed by atoms with Gasteiger partial charge in [0.2, 0.25) is 0 Å². The quantitative estimate of drug-likeness (QED) is 0.809. The van der Waals surface area contributed by atoms with Crippen LogP contribution in [-0.2, 0) is 9.53 Å². The molecule has 0 spiro atoms. The van der Waals surface area contributed by atoms with E-state index in [2.05, 4.69) is 5.32 Å². The van der Waals surface area contributed by atoms with Crippen LogP contribution in [0.15, 0.2) is 24.3 Å². The van der Waals surface area contributed by atoms with Gasteiger partial charge in [0.1, 0.15) is 5.75 Å². The molecule has 2 rings (SSSR count). The fourth-order valence-electron chi connectivity index (χ4n) is 2.19. The number of esters is 1. The number of ether oxygens (including phenoxy) is 1. The van der Waals surface area contributed by atoms with E-state index in [1.165, 1.54) is 18.2 Å². The Morgan fingerprint density at radius 3 is 2.74 bits per heavy atom. The van der Waals surface area contributed by atoms with E-state index in [1.807, 2.05) is 0 Å². The highest BCUT2D eigenvalue weighted by Gasteiger charge is 2.18. The van der Waals surface area contributed by atoms with Crippen LogP contribution in [0.5, 0.6) is 5.75 Å². The Balaban J connectivity index is 1.78. The summed E-state index contributed by atoms with van der Waals surface area (Å²) in [6, 6.07) is 6.05. The third-order valence-corrected chi connectivity index (χ3v) is 3.14. The van der Waals surface area contributed by atoms with Crippen molar-refractivity contribution >= 4 is 11.9 Å². The maximum atomic E-state index is 11.6. The average molecular weight is 263 g/mol. The van der Waals surface area contributed by atoms with Gasteiger partial charge < -0.3 is 15.2 Å². The third-order valence-electron chi connectivity index (χ3n) is 3.14. The number of carbonyl (C=O) groups excluding carboxylic acids is 2. The zero-order valence-electron chi connectivity index (χ0n) is 10.6. The van der Waals surface area contributed by atoms with Gasteiger partial charge in [0, 0.05) is 6.04 Å². The minimum absolute atomic E-state index is 0.00939. The van der Waals surface area contributed by atoms with Crippen LogP contribution in [0.1, 0.15) is 36.0 Å². The molecule has 0 unspecified atom stereocenters. The van der Waals surface area contributed by atoms with Crippen LogP contribution >= 0.6 is 0 Å². The highest BCUT2D eigenvalue weighted by Crippen LogP contribution is 2.17. The maximum Gasteiger partial charge on any atom is 0.338 e. The SMILES string of the molecule is O=C(COC(=O)c1cccc(O)c1)NC1CCCC1. The fraction of sp³-hybridized carbons (Fsp3) is 0.429. The molecule has 0 bridgehead atoms. The molecule has 1 aromatic carbocycles. The number of amides is 1. The lowest BCUT2D eigenvalue weighted by molar-refractivity contribution is -0.124. The average Bonchev–Trinajstić information content (AvgIpc) is 2.88. The maximum absolute atomic E-state index is 11.6. The Kier molecular flexibility index (Phi) is 4.39. The van der Waals surface area contributed by atoms with Crippen molar-refractivity contribution in [2.24, 2.45) is 0 Å². The monoisotopic (exact) mass is 263 g/mol. The molecule has 1 aromatic rings. The van der Waals surface area contributed by atoms with Gasteiger partial charge in [-0.05, 0) is 31.0 Å². The normalized spacial score (nSPS) is 15.2. The molecule has 1 amide bonds. The van der Waals surface area contributed by atoms with Crippen molar-refractivity contribution in [1.29, 1.82) is 0 Å². The first kappa shape index (κ1) is 13.4. The van der Waals surface area contributed by atoms with Crippen LogP contribution in [0.25, 0.3) is 0 Å². The topological polar surface area (TPSA) is 75.6 Å². The number of aromatic hydroxyl groups is 1. The van der Waals surface area contributed by atoms with Gasteiger partial charge >= 0.3 is 5.97 Å². The second kappa shape index (κ2) is 6.22. The molecule has 102 valence electrons. The van der Waals surface area contributed by atoms with Crippen LogP contribution < -0.4 is 5.32 Å². The molecule has 5 nitrogen and oxygen atoms in total. The van der Waals surface area contributed by atoms with Gasteiger partial charge in [-0.3, -0.25) is 4.79 Å². The lowest BCUT2D eigenvalue weighted by Gasteiger charge is -2.11. The molecule has 1 fully saturated rings. The number of nitrogens with one attached hydrogen (secondary N) is 1. The van der Waals surface area contributed by atoms with Crippen LogP contribution in [0, 0.1) is 0 Å². The first-order valence-corrected chi connectivity index (χ1v) is 6.40. The lowest BCUT2D eigenvalue weighted by atomic mass is 10.2. The van der Waals surface area contributed by atoms with Crippen molar-refractivity contribution in [2.75, 3.05) is 6.61 Å². The van der Waals surface area contributed by atoms with Crippen LogP contribution in [-0.4, -0.2) is 29.6 Å². The zero-order chi connectivity index (χ0) is 13.7. The molecule has 0 saturated heterocycles. The number of carbonyl (C=O) groups is 2. The van der Waals surface area contributed by atoms with Gasteiger partial charge in [-0.15, -0.1) is 0 Å². The smallest absolute Gasteiger partial charge is 0.338 e. The van der Waals surface area contributed by atoms with Gasteiger partial charge in [0.05, 0.1) is 5.56 Å². The summed E-state index contributed by atoms with van der Waals surface area (Å²) in [7, 11) is 0. The molecule has 0 atom stereocenters. The van der Waals surface area contributed by atoms with Gasteiger partial charge in [0.25, 0.3) is 5.91 Å². The van der Waals surface area contributed by atoms with E-state index in [-0.39, 0.29) is 29.9 Å². The zero-order valence-corrected chi connectivity index (χ0v) is 10.6. The van der Waals surface area contributed by atoms with Crippen LogP contribution in [0.2, 0.25) is 0 Å². The number of hydrogen-bond acceptors (Lipinski definition) is 4. The van der Waals surface area contributed by atoms with Crippen molar-refractivity contribution in [1.82, 2.24) is 5.32 Å². The molecule has 19 heavy (non-hydrogen) atoms. The second-order valence-corrected chi connectivity index (χ2v) is 4.68. The summed E-state index contributed by atoms with van der Waals surface area (Å²) in [4.78, 5) is 23.2. The van der Waals surface area contributed by atoms with Crippen LogP contribution in [0.3, 0.4) is 0 Å². The van der Waals surface area contributed by atoms with E-state index in [0.29, 0.717) is 0 Å². The number of hydrogen-bond donors (Lipinski definition) is 2. The summed E-state index contributed by atoms with van der Waals surface area (Å²) in [6.45, 7) is -0.287. The molecule has 1 saturated carbocycles. The van der Waals surface area contributed by atoms with E-state index in [4.69, 9.17) is 4.74 Å². The molecule has 1 aliphatic rings. The summed E-state index contributed by atoms with van der Waals surface area (Å²) >= 11 is 0. The first-order valence-electron chi connectivity index (χ1n) is 6.40. The largest absolute Gasteiger partial charge is 0.508 e. The molecule has 0 aromatic heterocycles. The van der Waals surface area contributed by atoms with E-state index in [1.54, 1.807) is 6.07 Å². The number of rotatable bonds is 4. The van der Waals surface area contributed by atoms with E-state index >= 15 is 0 Å². The molecule has 2 N–H and O–H groups in total. The lowest BCUT2D eigenvalue weighted by Crippen LogP contribution is -2.35. The Morgan fingerprint density at radius 1 is 1.32 bits per heavy atom. The number of phenols is 1. The standard InChI is InChI=1S/C14H17NO4/c16-12-7-3-4-10(8-12)14(18)19-9-13(17)15-11-5-1-2-6-11/h3-4,7-8,11,16H,1-2,5-6,9H2,(H,15,17). The molecular weight excluding hydrogens is 246 g/mol. The molecule has 0 radical (unpaired) electrons. The molecular formula is C14H17NO4. The summed E-state index contributed by atoms with van der Waals surface area (Å²) in [5.41, 5.74) is 0.230. The Labute approximate surface area is 111 Å². The first-order chi connectivity index (χ1) is 9.15. The Bertz CT molecular complexity index is 466. The van der Waals surface area contributed by atoms with Gasteiger partial charge in [-0.1, -0.05) is 18.9 Å².